The van der Waals surface area contributed by atoms with Gasteiger partial charge in [0.1, 0.15) is 5.75 Å². The number of rotatable bonds is 3. The first-order chi connectivity index (χ1) is 8.61. The van der Waals surface area contributed by atoms with E-state index in [9.17, 15) is 8.78 Å². The first kappa shape index (κ1) is 12.3. The van der Waals surface area contributed by atoms with Crippen LogP contribution in [0.5, 0.6) is 11.5 Å². The maximum atomic E-state index is 13.8. The molecule has 0 aliphatic carbocycles. The van der Waals surface area contributed by atoms with Crippen molar-refractivity contribution in [2.24, 2.45) is 5.73 Å². The summed E-state index contributed by atoms with van der Waals surface area (Å²) in [6.45, 7) is -0.0236. The van der Waals surface area contributed by atoms with E-state index >= 15 is 0 Å². The molecule has 3 nitrogen and oxygen atoms in total. The van der Waals surface area contributed by atoms with Crippen molar-refractivity contribution in [1.29, 1.82) is 0 Å². The number of halogens is 2. The molecule has 0 bridgehead atoms. The lowest BCUT2D eigenvalue weighted by molar-refractivity contribution is 0.404. The minimum atomic E-state index is -0.783. The van der Waals surface area contributed by atoms with Crippen LogP contribution in [0.25, 0.3) is 0 Å². The molecule has 94 valence electrons. The van der Waals surface area contributed by atoms with Gasteiger partial charge in [-0.1, -0.05) is 6.07 Å². The Labute approximate surface area is 103 Å². The van der Waals surface area contributed by atoms with Crippen LogP contribution in [0.3, 0.4) is 0 Å². The molecule has 0 aliphatic heterocycles. The summed E-state index contributed by atoms with van der Waals surface area (Å²) in [7, 11) is 0. The highest BCUT2D eigenvalue weighted by molar-refractivity contribution is 5.44. The number of hydrogen-bond acceptors (Lipinski definition) is 3. The third-order valence-corrected chi connectivity index (χ3v) is 2.45. The molecular weight excluding hydrogens is 238 g/mol. The largest absolute Gasteiger partial charge is 0.451 e. The van der Waals surface area contributed by atoms with Gasteiger partial charge in [0, 0.05) is 17.8 Å². The topological polar surface area (TPSA) is 61.3 Å². The molecule has 0 saturated carbocycles. The predicted molar refractivity (Wildman–Crippen MR) is 65.2 cm³/mol. The van der Waals surface area contributed by atoms with Gasteiger partial charge < -0.3 is 16.2 Å². The van der Waals surface area contributed by atoms with E-state index in [0.29, 0.717) is 11.4 Å². The molecule has 2 aromatic carbocycles. The van der Waals surface area contributed by atoms with Crippen LogP contribution >= 0.6 is 0 Å². The Bertz CT molecular complexity index is 556. The molecule has 2 aromatic rings. The fourth-order valence-corrected chi connectivity index (χ4v) is 1.48. The maximum absolute atomic E-state index is 13.8. The third-order valence-electron chi connectivity index (χ3n) is 2.45. The van der Waals surface area contributed by atoms with Crippen LogP contribution in [0.4, 0.5) is 14.5 Å². The summed E-state index contributed by atoms with van der Waals surface area (Å²) in [5, 5.41) is 0. The van der Waals surface area contributed by atoms with Crippen LogP contribution in [-0.2, 0) is 6.54 Å². The summed E-state index contributed by atoms with van der Waals surface area (Å²) in [5.74, 6) is -1.71. The van der Waals surface area contributed by atoms with Crippen LogP contribution < -0.4 is 16.2 Å². The van der Waals surface area contributed by atoms with E-state index in [1.807, 2.05) is 0 Å². The van der Waals surface area contributed by atoms with E-state index < -0.39 is 17.4 Å². The highest BCUT2D eigenvalue weighted by Gasteiger charge is 2.15. The Morgan fingerprint density at radius 3 is 2.28 bits per heavy atom. The van der Waals surface area contributed by atoms with Crippen molar-refractivity contribution in [2.75, 3.05) is 5.73 Å². The SMILES string of the molecule is NCc1ccc(F)c(Oc2ccc(N)cc2)c1F. The lowest BCUT2D eigenvalue weighted by atomic mass is 10.2. The Morgan fingerprint density at radius 2 is 1.67 bits per heavy atom. The van der Waals surface area contributed by atoms with Crippen molar-refractivity contribution in [3.05, 3.63) is 53.6 Å². The third kappa shape index (κ3) is 2.41. The molecule has 0 radical (unpaired) electrons. The molecule has 0 atom stereocenters. The summed E-state index contributed by atoms with van der Waals surface area (Å²) in [4.78, 5) is 0. The lowest BCUT2D eigenvalue weighted by Gasteiger charge is -2.10. The van der Waals surface area contributed by atoms with Crippen LogP contribution in [-0.4, -0.2) is 0 Å². The predicted octanol–water partition coefficient (Wildman–Crippen LogP) is 2.80. The normalized spacial score (nSPS) is 10.4. The van der Waals surface area contributed by atoms with Gasteiger partial charge in [0.25, 0.3) is 0 Å². The number of nitrogen functional groups attached to an aromatic ring is 1. The second-order valence-electron chi connectivity index (χ2n) is 3.72. The zero-order chi connectivity index (χ0) is 13.1. The molecule has 4 N–H and O–H groups in total. The van der Waals surface area contributed by atoms with E-state index in [1.165, 1.54) is 18.2 Å². The van der Waals surface area contributed by atoms with E-state index in [1.54, 1.807) is 12.1 Å². The molecule has 5 heteroatoms. The van der Waals surface area contributed by atoms with Gasteiger partial charge in [0.2, 0.25) is 0 Å². The van der Waals surface area contributed by atoms with Crippen molar-refractivity contribution in [1.82, 2.24) is 0 Å². The molecule has 0 aromatic heterocycles. The number of ether oxygens (including phenoxy) is 1. The van der Waals surface area contributed by atoms with Crippen molar-refractivity contribution >= 4 is 5.69 Å². The number of nitrogens with two attached hydrogens (primary N) is 2. The van der Waals surface area contributed by atoms with Crippen LogP contribution in [0.1, 0.15) is 5.56 Å². The second-order valence-corrected chi connectivity index (χ2v) is 3.72. The Kier molecular flexibility index (Phi) is 3.43. The van der Waals surface area contributed by atoms with E-state index in [4.69, 9.17) is 16.2 Å². The minimum Gasteiger partial charge on any atom is -0.451 e. The van der Waals surface area contributed by atoms with Gasteiger partial charge >= 0.3 is 0 Å². The Hall–Kier alpha value is -2.14. The van der Waals surface area contributed by atoms with Gasteiger partial charge in [-0.25, -0.2) is 8.78 Å². The standard InChI is InChI=1S/C13H12F2N2O/c14-11-6-1-8(7-16)12(15)13(11)18-10-4-2-9(17)3-5-10/h1-6H,7,16-17H2. The van der Waals surface area contributed by atoms with Crippen molar-refractivity contribution < 1.29 is 13.5 Å². The fourth-order valence-electron chi connectivity index (χ4n) is 1.48. The Balaban J connectivity index is 2.36. The quantitative estimate of drug-likeness (QED) is 0.823. The van der Waals surface area contributed by atoms with Gasteiger partial charge in [-0.3, -0.25) is 0 Å². The average Bonchev–Trinajstić information content (AvgIpc) is 2.37. The number of anilines is 1. The van der Waals surface area contributed by atoms with Gasteiger partial charge in [0.05, 0.1) is 0 Å². The second kappa shape index (κ2) is 5.01. The molecule has 0 spiro atoms. The van der Waals surface area contributed by atoms with Gasteiger partial charge in [-0.2, -0.15) is 0 Å². The first-order valence-electron chi connectivity index (χ1n) is 5.32. The summed E-state index contributed by atoms with van der Waals surface area (Å²) in [5.41, 5.74) is 11.6. The smallest absolute Gasteiger partial charge is 0.198 e. The molecule has 0 aliphatic rings. The molecular formula is C13H12F2N2O. The molecule has 0 heterocycles. The maximum Gasteiger partial charge on any atom is 0.198 e. The fraction of sp³-hybridized carbons (Fsp3) is 0.0769. The zero-order valence-corrected chi connectivity index (χ0v) is 9.49. The van der Waals surface area contributed by atoms with Crippen LogP contribution in [0.15, 0.2) is 36.4 Å². The van der Waals surface area contributed by atoms with Crippen LogP contribution in [0.2, 0.25) is 0 Å². The van der Waals surface area contributed by atoms with Crippen molar-refractivity contribution in [2.45, 2.75) is 6.54 Å². The summed E-state index contributed by atoms with van der Waals surface area (Å²) >= 11 is 0. The summed E-state index contributed by atoms with van der Waals surface area (Å²) in [6.07, 6.45) is 0. The van der Waals surface area contributed by atoms with Gasteiger partial charge in [0.15, 0.2) is 17.4 Å². The van der Waals surface area contributed by atoms with Crippen LogP contribution in [0, 0.1) is 11.6 Å². The summed E-state index contributed by atoms with van der Waals surface area (Å²) in [6, 6.07) is 8.64. The molecule has 0 fully saturated rings. The molecule has 2 rings (SSSR count). The molecule has 18 heavy (non-hydrogen) atoms. The minimum absolute atomic E-state index is 0.0236. The number of hydrogen-bond donors (Lipinski definition) is 2. The average molecular weight is 250 g/mol. The molecule has 0 unspecified atom stereocenters. The molecule has 0 amide bonds. The van der Waals surface area contributed by atoms with E-state index in [0.717, 1.165) is 6.07 Å². The zero-order valence-electron chi connectivity index (χ0n) is 9.49. The van der Waals surface area contributed by atoms with Gasteiger partial charge in [-0.15, -0.1) is 0 Å². The van der Waals surface area contributed by atoms with Crippen molar-refractivity contribution in [3.8, 4) is 11.5 Å². The van der Waals surface area contributed by atoms with Gasteiger partial charge in [-0.05, 0) is 30.3 Å². The number of benzene rings is 2. The van der Waals surface area contributed by atoms with E-state index in [-0.39, 0.29) is 12.1 Å². The first-order valence-corrected chi connectivity index (χ1v) is 5.32. The highest BCUT2D eigenvalue weighted by atomic mass is 19.1. The molecule has 0 saturated heterocycles. The lowest BCUT2D eigenvalue weighted by Crippen LogP contribution is -2.03. The monoisotopic (exact) mass is 250 g/mol. The highest BCUT2D eigenvalue weighted by Crippen LogP contribution is 2.29. The van der Waals surface area contributed by atoms with Crippen molar-refractivity contribution in [3.63, 3.8) is 0 Å². The Morgan fingerprint density at radius 1 is 1.00 bits per heavy atom. The van der Waals surface area contributed by atoms with E-state index in [2.05, 4.69) is 0 Å². The summed E-state index contributed by atoms with van der Waals surface area (Å²) < 4.78 is 32.5.